The molecule has 222 valence electrons. The lowest BCUT2D eigenvalue weighted by molar-refractivity contribution is -0.141. The standard InChI is InChI=1S/C33H39ClN4O4/c1-37(21-22-9-4-2-5-10-22)19-8-20-38-29(31(40)36-24-11-6-3-7-12-24)33-18-17-26(42-33)27(28(33)32(38)41)30(39)35-25-15-13-23(34)14-16-25/h2,4-5,9-10,13-18,24,26-29H,3,6-8,11-12,19-21H2,1H3,(H,35,39)(H,36,40)/t26-,27+,28-,29-,33+/m1/s1. The summed E-state index contributed by atoms with van der Waals surface area (Å²) in [6.45, 7) is 1.97. The third kappa shape index (κ3) is 5.60. The van der Waals surface area contributed by atoms with Crippen LogP contribution in [0.4, 0.5) is 5.69 Å². The van der Waals surface area contributed by atoms with Gasteiger partial charge in [-0.1, -0.05) is 73.3 Å². The van der Waals surface area contributed by atoms with E-state index in [2.05, 4.69) is 34.7 Å². The molecule has 42 heavy (non-hydrogen) atoms. The van der Waals surface area contributed by atoms with E-state index in [0.717, 1.165) is 38.8 Å². The predicted molar refractivity (Wildman–Crippen MR) is 162 cm³/mol. The maximum atomic E-state index is 14.2. The van der Waals surface area contributed by atoms with Gasteiger partial charge in [-0.05, 0) is 62.7 Å². The molecule has 2 bridgehead atoms. The Morgan fingerprint density at radius 2 is 1.79 bits per heavy atom. The zero-order chi connectivity index (χ0) is 29.3. The lowest BCUT2D eigenvalue weighted by atomic mass is 9.74. The molecule has 3 heterocycles. The lowest BCUT2D eigenvalue weighted by Crippen LogP contribution is -2.56. The van der Waals surface area contributed by atoms with Gasteiger partial charge in [0.15, 0.2) is 0 Å². The Balaban J connectivity index is 1.21. The number of likely N-dealkylation sites (tertiary alicyclic amines) is 1. The van der Waals surface area contributed by atoms with Crippen LogP contribution in [0.15, 0.2) is 66.7 Å². The summed E-state index contributed by atoms with van der Waals surface area (Å²) < 4.78 is 6.48. The van der Waals surface area contributed by atoms with E-state index in [9.17, 15) is 14.4 Å². The molecule has 2 N–H and O–H groups in total. The van der Waals surface area contributed by atoms with Crippen molar-refractivity contribution in [2.45, 2.75) is 68.9 Å². The molecular weight excluding hydrogens is 552 g/mol. The fourth-order valence-corrected chi connectivity index (χ4v) is 7.40. The van der Waals surface area contributed by atoms with Gasteiger partial charge in [0.2, 0.25) is 17.7 Å². The molecule has 0 aromatic heterocycles. The van der Waals surface area contributed by atoms with E-state index in [-0.39, 0.29) is 23.8 Å². The molecule has 3 amide bonds. The summed E-state index contributed by atoms with van der Waals surface area (Å²) in [5, 5.41) is 6.77. The number of anilines is 1. The molecule has 2 aromatic carbocycles. The molecule has 4 aliphatic rings. The number of hydrogen-bond acceptors (Lipinski definition) is 5. The van der Waals surface area contributed by atoms with E-state index < -0.39 is 29.6 Å². The number of carbonyl (C=O) groups excluding carboxylic acids is 3. The van der Waals surface area contributed by atoms with Crippen LogP contribution in [0.25, 0.3) is 0 Å². The summed E-state index contributed by atoms with van der Waals surface area (Å²) in [6, 6.07) is 16.4. The molecule has 0 unspecified atom stereocenters. The largest absolute Gasteiger partial charge is 0.359 e. The van der Waals surface area contributed by atoms with Gasteiger partial charge in [0, 0.05) is 29.8 Å². The van der Waals surface area contributed by atoms with Crippen LogP contribution >= 0.6 is 11.6 Å². The van der Waals surface area contributed by atoms with Crippen LogP contribution < -0.4 is 10.6 Å². The Labute approximate surface area is 252 Å². The average molecular weight is 591 g/mol. The second-order valence-electron chi connectivity index (χ2n) is 12.1. The van der Waals surface area contributed by atoms with Gasteiger partial charge in [-0.3, -0.25) is 14.4 Å². The highest BCUT2D eigenvalue weighted by Gasteiger charge is 2.72. The summed E-state index contributed by atoms with van der Waals surface area (Å²) in [4.78, 5) is 45.7. The number of rotatable bonds is 10. The van der Waals surface area contributed by atoms with Crippen LogP contribution in [0.1, 0.15) is 44.1 Å². The topological polar surface area (TPSA) is 91.0 Å². The minimum Gasteiger partial charge on any atom is -0.359 e. The lowest BCUT2D eigenvalue weighted by Gasteiger charge is -2.34. The zero-order valence-electron chi connectivity index (χ0n) is 24.0. The van der Waals surface area contributed by atoms with Gasteiger partial charge in [-0.2, -0.15) is 0 Å². The highest BCUT2D eigenvalue weighted by Crippen LogP contribution is 2.55. The van der Waals surface area contributed by atoms with Gasteiger partial charge in [0.05, 0.1) is 17.9 Å². The molecule has 9 heteroatoms. The summed E-state index contributed by atoms with van der Waals surface area (Å²) in [5.74, 6) is -2.15. The van der Waals surface area contributed by atoms with Gasteiger partial charge in [-0.15, -0.1) is 0 Å². The number of benzene rings is 2. The van der Waals surface area contributed by atoms with Crippen LogP contribution in [0.5, 0.6) is 0 Å². The smallest absolute Gasteiger partial charge is 0.246 e. The maximum Gasteiger partial charge on any atom is 0.246 e. The van der Waals surface area contributed by atoms with E-state index in [1.807, 2.05) is 30.4 Å². The molecule has 8 nitrogen and oxygen atoms in total. The van der Waals surface area contributed by atoms with E-state index in [0.29, 0.717) is 23.7 Å². The first-order valence-electron chi connectivity index (χ1n) is 15.1. The second-order valence-corrected chi connectivity index (χ2v) is 12.6. The number of nitrogens with one attached hydrogen (secondary N) is 2. The van der Waals surface area contributed by atoms with Crippen LogP contribution in [0.2, 0.25) is 5.02 Å². The van der Waals surface area contributed by atoms with E-state index in [1.54, 1.807) is 29.2 Å². The summed E-state index contributed by atoms with van der Waals surface area (Å²) in [5.41, 5.74) is 0.666. The normalized spacial score (nSPS) is 28.4. The van der Waals surface area contributed by atoms with Crippen LogP contribution in [0.3, 0.4) is 0 Å². The van der Waals surface area contributed by atoms with E-state index >= 15 is 0 Å². The molecule has 5 atom stereocenters. The number of amides is 3. The first-order chi connectivity index (χ1) is 20.4. The van der Waals surface area contributed by atoms with E-state index in [4.69, 9.17) is 16.3 Å². The minimum absolute atomic E-state index is 0.0993. The van der Waals surface area contributed by atoms with Gasteiger partial charge in [0.25, 0.3) is 0 Å². The van der Waals surface area contributed by atoms with Crippen molar-refractivity contribution in [3.05, 3.63) is 77.3 Å². The monoisotopic (exact) mass is 590 g/mol. The third-order valence-electron chi connectivity index (χ3n) is 9.22. The number of halogens is 1. The highest BCUT2D eigenvalue weighted by atomic mass is 35.5. The van der Waals surface area contributed by atoms with Gasteiger partial charge < -0.3 is 25.2 Å². The van der Waals surface area contributed by atoms with Crippen molar-refractivity contribution < 1.29 is 19.1 Å². The SMILES string of the molecule is CN(CCCN1C(=O)[C@H]2[C@@H](C(=O)Nc3ccc(Cl)cc3)[C@H]3C=C[C@@]2(O3)[C@H]1C(=O)NC1CCCCC1)Cc1ccccc1. The Kier molecular flexibility index (Phi) is 8.39. The Hall–Kier alpha value is -3.20. The molecule has 1 aliphatic carbocycles. The summed E-state index contributed by atoms with van der Waals surface area (Å²) in [7, 11) is 2.06. The van der Waals surface area contributed by atoms with Crippen molar-refractivity contribution >= 4 is 35.0 Å². The molecule has 1 spiro atoms. The Morgan fingerprint density at radius 3 is 2.52 bits per heavy atom. The average Bonchev–Trinajstić information content (AvgIpc) is 3.63. The number of carbonyl (C=O) groups is 3. The maximum absolute atomic E-state index is 14.2. The first-order valence-corrected chi connectivity index (χ1v) is 15.5. The van der Waals surface area contributed by atoms with Crippen molar-refractivity contribution in [1.29, 1.82) is 0 Å². The van der Waals surface area contributed by atoms with Gasteiger partial charge in [0.1, 0.15) is 11.6 Å². The molecule has 3 aliphatic heterocycles. The number of nitrogens with zero attached hydrogens (tertiary/aromatic N) is 2. The van der Waals surface area contributed by atoms with Gasteiger partial charge in [-0.25, -0.2) is 0 Å². The minimum atomic E-state index is -1.15. The first kappa shape index (κ1) is 28.9. The van der Waals surface area contributed by atoms with Gasteiger partial charge >= 0.3 is 0 Å². The second kappa shape index (κ2) is 12.2. The summed E-state index contributed by atoms with van der Waals surface area (Å²) in [6.07, 6.45) is 9.11. The fraction of sp³-hybridized carbons (Fsp3) is 0.485. The Morgan fingerprint density at radius 1 is 1.05 bits per heavy atom. The molecule has 1 saturated carbocycles. The fourth-order valence-electron chi connectivity index (χ4n) is 7.28. The van der Waals surface area contributed by atoms with E-state index in [1.165, 1.54) is 12.0 Å². The third-order valence-corrected chi connectivity index (χ3v) is 9.47. The molecule has 0 radical (unpaired) electrons. The van der Waals surface area contributed by atoms with Crippen LogP contribution in [0, 0.1) is 11.8 Å². The Bertz CT molecular complexity index is 1330. The molecule has 2 saturated heterocycles. The number of fused-ring (bicyclic) bond motifs is 1. The number of ether oxygens (including phenoxy) is 1. The summed E-state index contributed by atoms with van der Waals surface area (Å²) >= 11 is 6.02. The molecular formula is C33H39ClN4O4. The van der Waals surface area contributed by atoms with Crippen molar-refractivity contribution in [2.75, 3.05) is 25.5 Å². The van der Waals surface area contributed by atoms with Crippen molar-refractivity contribution in [2.24, 2.45) is 11.8 Å². The van der Waals surface area contributed by atoms with Crippen molar-refractivity contribution in [1.82, 2.24) is 15.1 Å². The number of hydrogen-bond donors (Lipinski definition) is 2. The van der Waals surface area contributed by atoms with Crippen LogP contribution in [-0.2, 0) is 25.7 Å². The molecule has 3 fully saturated rings. The molecule has 2 aromatic rings. The van der Waals surface area contributed by atoms with Crippen molar-refractivity contribution in [3.8, 4) is 0 Å². The predicted octanol–water partition coefficient (Wildman–Crippen LogP) is 4.40. The molecule has 6 rings (SSSR count). The van der Waals surface area contributed by atoms with Crippen molar-refractivity contribution in [3.63, 3.8) is 0 Å². The quantitative estimate of drug-likeness (QED) is 0.400. The zero-order valence-corrected chi connectivity index (χ0v) is 24.8. The highest BCUT2D eigenvalue weighted by molar-refractivity contribution is 6.30. The van der Waals surface area contributed by atoms with Crippen LogP contribution in [-0.4, -0.2) is 71.4 Å².